The Morgan fingerprint density at radius 3 is 2.78 bits per heavy atom. The van der Waals surface area contributed by atoms with Crippen molar-refractivity contribution in [1.82, 2.24) is 5.32 Å². The van der Waals surface area contributed by atoms with Gasteiger partial charge in [-0.1, -0.05) is 47.8 Å². The maximum Gasteiger partial charge on any atom is 0.0914 e. The van der Waals surface area contributed by atoms with E-state index in [4.69, 9.17) is 0 Å². The van der Waals surface area contributed by atoms with Crippen LogP contribution in [0.4, 0.5) is 0 Å². The number of aliphatic hydroxyl groups excluding tert-OH is 1. The van der Waals surface area contributed by atoms with Crippen LogP contribution >= 0.6 is 15.9 Å². The molecule has 0 bridgehead atoms. The highest BCUT2D eigenvalue weighted by Crippen LogP contribution is 2.36. The summed E-state index contributed by atoms with van der Waals surface area (Å²) in [6.45, 7) is 3.99. The number of halogens is 1. The Morgan fingerprint density at radius 2 is 2.11 bits per heavy atom. The zero-order valence-corrected chi connectivity index (χ0v) is 12.5. The lowest BCUT2D eigenvalue weighted by atomic mass is 9.89. The second kappa shape index (κ2) is 6.18. The SMILES string of the molecule is CC1(CNCC(O)c2cccc(Br)c2)CCCC1. The van der Waals surface area contributed by atoms with Gasteiger partial charge in [0.15, 0.2) is 0 Å². The van der Waals surface area contributed by atoms with E-state index in [-0.39, 0.29) is 0 Å². The van der Waals surface area contributed by atoms with Crippen molar-refractivity contribution < 1.29 is 5.11 Å². The Morgan fingerprint density at radius 1 is 1.39 bits per heavy atom. The number of hydrogen-bond donors (Lipinski definition) is 2. The Bertz CT molecular complexity index is 388. The largest absolute Gasteiger partial charge is 0.387 e. The summed E-state index contributed by atoms with van der Waals surface area (Å²) in [4.78, 5) is 0. The first-order valence-corrected chi connectivity index (χ1v) is 7.53. The standard InChI is InChI=1S/C15H22BrNO/c1-15(7-2-3-8-15)11-17-10-14(18)12-5-4-6-13(16)9-12/h4-6,9,14,17-18H,2-3,7-8,10-11H2,1H3. The van der Waals surface area contributed by atoms with Crippen LogP contribution in [0.15, 0.2) is 28.7 Å². The molecule has 0 saturated heterocycles. The van der Waals surface area contributed by atoms with Gasteiger partial charge in [-0.05, 0) is 36.0 Å². The predicted molar refractivity (Wildman–Crippen MR) is 78.5 cm³/mol. The first-order chi connectivity index (χ1) is 8.59. The average molecular weight is 312 g/mol. The van der Waals surface area contributed by atoms with Gasteiger partial charge < -0.3 is 10.4 Å². The maximum absolute atomic E-state index is 10.1. The normalized spacial score (nSPS) is 19.9. The lowest BCUT2D eigenvalue weighted by molar-refractivity contribution is 0.167. The monoisotopic (exact) mass is 311 g/mol. The fraction of sp³-hybridized carbons (Fsp3) is 0.600. The molecule has 2 N–H and O–H groups in total. The van der Waals surface area contributed by atoms with Crippen molar-refractivity contribution in [3.63, 3.8) is 0 Å². The van der Waals surface area contributed by atoms with Gasteiger partial charge in [-0.2, -0.15) is 0 Å². The van der Waals surface area contributed by atoms with Crippen LogP contribution in [0.2, 0.25) is 0 Å². The van der Waals surface area contributed by atoms with E-state index in [1.165, 1.54) is 25.7 Å². The molecule has 1 aromatic carbocycles. The average Bonchev–Trinajstić information content (AvgIpc) is 2.76. The van der Waals surface area contributed by atoms with Gasteiger partial charge in [0.1, 0.15) is 0 Å². The lowest BCUT2D eigenvalue weighted by Gasteiger charge is -2.24. The Hall–Kier alpha value is -0.380. The summed E-state index contributed by atoms with van der Waals surface area (Å²) in [6.07, 6.45) is 4.91. The first-order valence-electron chi connectivity index (χ1n) is 6.73. The molecule has 18 heavy (non-hydrogen) atoms. The predicted octanol–water partition coefficient (Wildman–Crippen LogP) is 3.65. The summed E-state index contributed by atoms with van der Waals surface area (Å²) in [5.74, 6) is 0. The zero-order chi connectivity index (χ0) is 13.0. The molecular weight excluding hydrogens is 290 g/mol. The van der Waals surface area contributed by atoms with Crippen LogP contribution in [0, 0.1) is 5.41 Å². The molecule has 1 aliphatic rings. The molecule has 0 aliphatic heterocycles. The van der Waals surface area contributed by atoms with Crippen molar-refractivity contribution >= 4 is 15.9 Å². The molecule has 2 nitrogen and oxygen atoms in total. The van der Waals surface area contributed by atoms with Crippen LogP contribution in [0.1, 0.15) is 44.3 Å². The summed E-state index contributed by atoms with van der Waals surface area (Å²) < 4.78 is 1.02. The van der Waals surface area contributed by atoms with E-state index in [2.05, 4.69) is 28.2 Å². The molecule has 1 aliphatic carbocycles. The van der Waals surface area contributed by atoms with Crippen LogP contribution in [0.3, 0.4) is 0 Å². The number of nitrogens with one attached hydrogen (secondary N) is 1. The molecule has 0 spiro atoms. The van der Waals surface area contributed by atoms with Crippen molar-refractivity contribution in [2.75, 3.05) is 13.1 Å². The fourth-order valence-electron chi connectivity index (χ4n) is 2.75. The Balaban J connectivity index is 1.79. The van der Waals surface area contributed by atoms with Crippen LogP contribution in [0.5, 0.6) is 0 Å². The minimum atomic E-state index is -0.424. The van der Waals surface area contributed by atoms with E-state index in [9.17, 15) is 5.11 Å². The minimum absolute atomic E-state index is 0.424. The molecule has 0 amide bonds. The van der Waals surface area contributed by atoms with Crippen molar-refractivity contribution in [3.05, 3.63) is 34.3 Å². The third kappa shape index (κ3) is 3.81. The zero-order valence-electron chi connectivity index (χ0n) is 11.0. The van der Waals surface area contributed by atoms with Crippen molar-refractivity contribution in [2.24, 2.45) is 5.41 Å². The van der Waals surface area contributed by atoms with Gasteiger partial charge in [0.05, 0.1) is 6.10 Å². The molecule has 1 aromatic rings. The minimum Gasteiger partial charge on any atom is -0.387 e. The number of aliphatic hydroxyl groups is 1. The summed E-state index contributed by atoms with van der Waals surface area (Å²) in [7, 11) is 0. The quantitative estimate of drug-likeness (QED) is 0.870. The molecule has 1 fully saturated rings. The molecule has 1 unspecified atom stereocenters. The van der Waals surface area contributed by atoms with Crippen LogP contribution in [0.25, 0.3) is 0 Å². The number of benzene rings is 1. The van der Waals surface area contributed by atoms with E-state index in [0.29, 0.717) is 12.0 Å². The molecule has 1 atom stereocenters. The molecule has 100 valence electrons. The molecule has 1 saturated carbocycles. The molecule has 3 heteroatoms. The topological polar surface area (TPSA) is 32.3 Å². The van der Waals surface area contributed by atoms with Gasteiger partial charge in [0, 0.05) is 17.6 Å². The van der Waals surface area contributed by atoms with E-state index in [0.717, 1.165) is 16.6 Å². The van der Waals surface area contributed by atoms with Crippen LogP contribution < -0.4 is 5.32 Å². The Kier molecular flexibility index (Phi) is 4.82. The number of rotatable bonds is 5. The Labute approximate surface area is 118 Å². The van der Waals surface area contributed by atoms with Gasteiger partial charge in [-0.3, -0.25) is 0 Å². The van der Waals surface area contributed by atoms with Crippen LogP contribution in [-0.4, -0.2) is 18.2 Å². The maximum atomic E-state index is 10.1. The van der Waals surface area contributed by atoms with Crippen molar-refractivity contribution in [3.8, 4) is 0 Å². The third-order valence-electron chi connectivity index (χ3n) is 3.93. The second-order valence-electron chi connectivity index (χ2n) is 5.72. The van der Waals surface area contributed by atoms with E-state index >= 15 is 0 Å². The van der Waals surface area contributed by atoms with Crippen molar-refractivity contribution in [1.29, 1.82) is 0 Å². The first kappa shape index (κ1) is 14.0. The smallest absolute Gasteiger partial charge is 0.0914 e. The highest BCUT2D eigenvalue weighted by Gasteiger charge is 2.28. The van der Waals surface area contributed by atoms with Gasteiger partial charge in [-0.25, -0.2) is 0 Å². The highest BCUT2D eigenvalue weighted by atomic mass is 79.9. The van der Waals surface area contributed by atoms with Gasteiger partial charge >= 0.3 is 0 Å². The molecule has 0 radical (unpaired) electrons. The van der Waals surface area contributed by atoms with E-state index < -0.39 is 6.10 Å². The molecule has 2 rings (SSSR count). The fourth-order valence-corrected chi connectivity index (χ4v) is 3.16. The van der Waals surface area contributed by atoms with Crippen LogP contribution in [-0.2, 0) is 0 Å². The summed E-state index contributed by atoms with van der Waals surface area (Å²) >= 11 is 3.43. The van der Waals surface area contributed by atoms with E-state index in [1.54, 1.807) is 0 Å². The second-order valence-corrected chi connectivity index (χ2v) is 6.64. The summed E-state index contributed by atoms with van der Waals surface area (Å²) in [6, 6.07) is 7.88. The van der Waals surface area contributed by atoms with Gasteiger partial charge in [0.25, 0.3) is 0 Å². The lowest BCUT2D eigenvalue weighted by Crippen LogP contribution is -2.32. The summed E-state index contributed by atoms with van der Waals surface area (Å²) in [5.41, 5.74) is 1.41. The van der Waals surface area contributed by atoms with Crippen molar-refractivity contribution in [2.45, 2.75) is 38.7 Å². The number of hydrogen-bond acceptors (Lipinski definition) is 2. The molecule has 0 heterocycles. The third-order valence-corrected chi connectivity index (χ3v) is 4.43. The molecule has 0 aromatic heterocycles. The summed E-state index contributed by atoms with van der Waals surface area (Å²) in [5, 5.41) is 13.5. The molecular formula is C15H22BrNO. The highest BCUT2D eigenvalue weighted by molar-refractivity contribution is 9.10. The van der Waals surface area contributed by atoms with E-state index in [1.807, 2.05) is 24.3 Å². The van der Waals surface area contributed by atoms with Gasteiger partial charge in [0.2, 0.25) is 0 Å². The van der Waals surface area contributed by atoms with Gasteiger partial charge in [-0.15, -0.1) is 0 Å².